The van der Waals surface area contributed by atoms with Gasteiger partial charge in [0.05, 0.1) is 21.6 Å². The first-order valence-corrected chi connectivity index (χ1v) is 8.14. The van der Waals surface area contributed by atoms with Gasteiger partial charge >= 0.3 is 5.97 Å². The van der Waals surface area contributed by atoms with Crippen molar-refractivity contribution in [2.45, 2.75) is 6.92 Å². The van der Waals surface area contributed by atoms with Crippen molar-refractivity contribution in [1.82, 2.24) is 9.88 Å². The van der Waals surface area contributed by atoms with Gasteiger partial charge in [0.15, 0.2) is 5.82 Å². The lowest BCUT2D eigenvalue weighted by molar-refractivity contribution is 0.0695. The molecule has 132 valence electrons. The lowest BCUT2D eigenvalue weighted by Gasteiger charge is -2.31. The van der Waals surface area contributed by atoms with Gasteiger partial charge in [0.25, 0.3) is 0 Å². The smallest absolute Gasteiger partial charge is 0.341 e. The summed E-state index contributed by atoms with van der Waals surface area (Å²) in [7, 11) is 0. The fourth-order valence-electron chi connectivity index (χ4n) is 3.16. The molecule has 1 saturated heterocycles. The summed E-state index contributed by atoms with van der Waals surface area (Å²) in [4.78, 5) is 25.7. The molecule has 0 radical (unpaired) electrons. The number of anilines is 1. The van der Waals surface area contributed by atoms with Crippen LogP contribution in [-0.4, -0.2) is 41.8 Å². The van der Waals surface area contributed by atoms with Crippen LogP contribution in [0.15, 0.2) is 17.6 Å². The van der Waals surface area contributed by atoms with Gasteiger partial charge in [-0.2, -0.15) is 0 Å². The average Bonchev–Trinajstić information content (AvgIpc) is 2.60. The molecule has 1 fully saturated rings. The van der Waals surface area contributed by atoms with E-state index in [2.05, 4.69) is 11.9 Å². The monoisotopic (exact) mass is 365 g/mol. The summed E-state index contributed by atoms with van der Waals surface area (Å²) in [5.41, 5.74) is -0.645. The van der Waals surface area contributed by atoms with Gasteiger partial charge in [-0.05, 0) is 6.92 Å². The Morgan fingerprint density at radius 3 is 2.64 bits per heavy atom. The molecule has 2 N–H and O–H groups in total. The third-order valence-corrected chi connectivity index (χ3v) is 4.78. The number of carboxylic acid groups (broad SMARTS) is 1. The normalized spacial score (nSPS) is 14.8. The maximum Gasteiger partial charge on any atom is 0.341 e. The van der Waals surface area contributed by atoms with Crippen LogP contribution in [0.3, 0.4) is 0 Å². The van der Waals surface area contributed by atoms with Gasteiger partial charge in [-0.1, -0.05) is 18.2 Å². The largest absolute Gasteiger partial charge is 0.477 e. The van der Waals surface area contributed by atoms with Crippen molar-refractivity contribution in [2.75, 3.05) is 31.1 Å². The molecule has 2 heterocycles. The van der Waals surface area contributed by atoms with Crippen molar-refractivity contribution in [3.63, 3.8) is 0 Å². The second-order valence-electron chi connectivity index (χ2n) is 5.83. The molecule has 25 heavy (non-hydrogen) atoms. The first-order chi connectivity index (χ1) is 11.9. The number of hydrogen-bond acceptors (Lipinski definition) is 4. The van der Waals surface area contributed by atoms with E-state index in [1.165, 1.54) is 17.7 Å². The molecule has 1 aliphatic heterocycles. The minimum absolute atomic E-state index is 0.0406. The summed E-state index contributed by atoms with van der Waals surface area (Å²) in [5.74, 6) is -1.99. The summed E-state index contributed by atoms with van der Waals surface area (Å²) < 4.78 is 16.4. The van der Waals surface area contributed by atoms with Gasteiger partial charge in [0.2, 0.25) is 5.43 Å². The van der Waals surface area contributed by atoms with Crippen LogP contribution in [0.1, 0.15) is 15.9 Å². The number of halogens is 2. The van der Waals surface area contributed by atoms with Crippen LogP contribution < -0.4 is 15.6 Å². The number of aromatic carboxylic acids is 1. The Morgan fingerprint density at radius 2 is 2.08 bits per heavy atom. The SMILES string of the molecule is C=Cn1cc(C(=O)O)c(=O)c2c(C)c(F)c(N3CCNCC3)c(Cl)c21. The number of nitrogens with zero attached hydrogens (tertiary/aromatic N) is 2. The Kier molecular flexibility index (Phi) is 4.53. The van der Waals surface area contributed by atoms with Gasteiger partial charge in [-0.25, -0.2) is 9.18 Å². The van der Waals surface area contributed by atoms with E-state index in [1.54, 1.807) is 0 Å². The minimum Gasteiger partial charge on any atom is -0.477 e. The molecule has 0 saturated carbocycles. The van der Waals surface area contributed by atoms with Crippen LogP contribution >= 0.6 is 11.6 Å². The molecule has 1 aromatic carbocycles. The third kappa shape index (κ3) is 2.69. The van der Waals surface area contributed by atoms with Gasteiger partial charge in [0.1, 0.15) is 5.56 Å². The second-order valence-corrected chi connectivity index (χ2v) is 6.21. The van der Waals surface area contributed by atoms with Crippen molar-refractivity contribution in [1.29, 1.82) is 0 Å². The first-order valence-electron chi connectivity index (χ1n) is 7.76. The van der Waals surface area contributed by atoms with Gasteiger partial charge in [-0.3, -0.25) is 4.79 Å². The summed E-state index contributed by atoms with van der Waals surface area (Å²) in [6.07, 6.45) is 2.50. The highest BCUT2D eigenvalue weighted by Crippen LogP contribution is 2.38. The van der Waals surface area contributed by atoms with E-state index in [-0.39, 0.29) is 27.2 Å². The van der Waals surface area contributed by atoms with Crippen molar-refractivity contribution in [3.05, 3.63) is 45.0 Å². The van der Waals surface area contributed by atoms with E-state index in [0.29, 0.717) is 26.2 Å². The predicted molar refractivity (Wildman–Crippen MR) is 96.3 cm³/mol. The number of rotatable bonds is 3. The van der Waals surface area contributed by atoms with Crippen LogP contribution in [-0.2, 0) is 0 Å². The fourth-order valence-corrected chi connectivity index (χ4v) is 3.56. The summed E-state index contributed by atoms with van der Waals surface area (Å²) >= 11 is 6.48. The molecule has 0 aliphatic carbocycles. The van der Waals surface area contributed by atoms with E-state index in [9.17, 15) is 14.7 Å². The number of aromatic nitrogens is 1. The average molecular weight is 366 g/mol. The molecule has 1 aromatic heterocycles. The van der Waals surface area contributed by atoms with Crippen LogP contribution in [0.2, 0.25) is 5.02 Å². The number of fused-ring (bicyclic) bond motifs is 1. The molecular formula is C17H17ClFN3O3. The lowest BCUT2D eigenvalue weighted by Crippen LogP contribution is -2.44. The Hall–Kier alpha value is -2.38. The maximum atomic E-state index is 15.1. The Morgan fingerprint density at radius 1 is 1.44 bits per heavy atom. The van der Waals surface area contributed by atoms with Gasteiger partial charge in [-0.15, -0.1) is 0 Å². The molecule has 0 amide bonds. The summed E-state index contributed by atoms with van der Waals surface area (Å²) in [6.45, 7) is 7.64. The van der Waals surface area contributed by atoms with E-state index in [1.807, 2.05) is 4.90 Å². The van der Waals surface area contributed by atoms with Crippen LogP contribution in [0.5, 0.6) is 0 Å². The zero-order valence-corrected chi connectivity index (χ0v) is 14.4. The Labute approximate surface area is 148 Å². The number of aryl methyl sites for hydroxylation is 1. The zero-order chi connectivity index (χ0) is 18.3. The number of benzene rings is 1. The highest BCUT2D eigenvalue weighted by molar-refractivity contribution is 6.38. The number of hydrogen-bond donors (Lipinski definition) is 2. The molecule has 0 spiro atoms. The van der Waals surface area contributed by atoms with Crippen molar-refractivity contribution in [3.8, 4) is 0 Å². The van der Waals surface area contributed by atoms with Crippen molar-refractivity contribution >= 4 is 40.4 Å². The molecule has 0 atom stereocenters. The Balaban J connectivity index is 2.44. The molecule has 3 rings (SSSR count). The van der Waals surface area contributed by atoms with Crippen molar-refractivity contribution in [2.24, 2.45) is 0 Å². The number of pyridine rings is 1. The number of carboxylic acids is 1. The van der Waals surface area contributed by atoms with Crippen molar-refractivity contribution < 1.29 is 14.3 Å². The zero-order valence-electron chi connectivity index (χ0n) is 13.6. The predicted octanol–water partition coefficient (Wildman–Crippen LogP) is 2.31. The maximum absolute atomic E-state index is 15.1. The van der Waals surface area contributed by atoms with Crippen LogP contribution in [0.4, 0.5) is 10.1 Å². The third-order valence-electron chi connectivity index (χ3n) is 4.42. The molecule has 2 aromatic rings. The molecule has 1 aliphatic rings. The topological polar surface area (TPSA) is 74.6 Å². The minimum atomic E-state index is -1.38. The summed E-state index contributed by atoms with van der Waals surface area (Å²) in [5, 5.41) is 12.5. The molecule has 6 nitrogen and oxygen atoms in total. The van der Waals surface area contributed by atoms with Gasteiger partial charge in [0, 0.05) is 44.1 Å². The van der Waals surface area contributed by atoms with E-state index >= 15 is 4.39 Å². The van der Waals surface area contributed by atoms with Gasteiger partial charge < -0.3 is 19.9 Å². The molecule has 0 bridgehead atoms. The number of carbonyl (C=O) groups is 1. The lowest BCUT2D eigenvalue weighted by atomic mass is 10.0. The quantitative estimate of drug-likeness (QED) is 0.873. The molecule has 0 unspecified atom stereocenters. The highest BCUT2D eigenvalue weighted by atomic mass is 35.5. The van der Waals surface area contributed by atoms with Crippen LogP contribution in [0.25, 0.3) is 17.1 Å². The second kappa shape index (κ2) is 6.50. The number of piperazine rings is 1. The first kappa shape index (κ1) is 17.4. The number of nitrogens with one attached hydrogen (secondary N) is 1. The van der Waals surface area contributed by atoms with Crippen LogP contribution in [0, 0.1) is 12.7 Å². The van der Waals surface area contributed by atoms with E-state index in [0.717, 1.165) is 6.20 Å². The standard InChI is InChI=1S/C17H17ClFN3O3/c1-3-21-8-10(17(24)25)16(23)11-9(2)13(19)15(12(18)14(11)21)22-6-4-20-5-7-22/h3,8,20H,1,4-7H2,2H3,(H,24,25). The molecular weight excluding hydrogens is 349 g/mol. The highest BCUT2D eigenvalue weighted by Gasteiger charge is 2.26. The van der Waals surface area contributed by atoms with E-state index in [4.69, 9.17) is 11.6 Å². The van der Waals surface area contributed by atoms with E-state index < -0.39 is 22.8 Å². The summed E-state index contributed by atoms with van der Waals surface area (Å²) in [6, 6.07) is 0. The fraction of sp³-hybridized carbons (Fsp3) is 0.294. The molecule has 8 heteroatoms. The Bertz CT molecular complexity index is 949.